The molecule has 43 heavy (non-hydrogen) atoms. The molecular weight excluding hydrogens is 556 g/mol. The number of benzene rings is 2. The van der Waals surface area contributed by atoms with Gasteiger partial charge in [0.1, 0.15) is 17.2 Å². The number of aromatic nitrogens is 4. The molecule has 2 aromatic heterocycles. The van der Waals surface area contributed by atoms with Gasteiger partial charge in [0.25, 0.3) is 0 Å². The molecule has 12 heteroatoms. The van der Waals surface area contributed by atoms with E-state index in [4.69, 9.17) is 9.84 Å². The normalized spacial score (nSPS) is 17.3. The Bertz CT molecular complexity index is 1760. The SMILES string of the molecule is Cc1cc(-n2nc3c(c2N2CCN(c4ccc5c(cnn5C)c4F)C2=O)[C@H](C)N(C(=O)OC(C)(C)C)CC3)cc(C)c1F. The monoisotopic (exact) mass is 591 g/mol. The number of halogens is 2. The molecule has 0 spiro atoms. The number of fused-ring (bicyclic) bond motifs is 2. The van der Waals surface area contributed by atoms with Crippen LogP contribution in [0, 0.1) is 25.5 Å². The molecule has 1 atom stereocenters. The van der Waals surface area contributed by atoms with Gasteiger partial charge in [0.15, 0.2) is 5.82 Å². The van der Waals surface area contributed by atoms with Crippen molar-refractivity contribution < 1.29 is 23.1 Å². The lowest BCUT2D eigenvalue weighted by Gasteiger charge is -2.35. The lowest BCUT2D eigenvalue weighted by atomic mass is 9.99. The highest BCUT2D eigenvalue weighted by Crippen LogP contribution is 2.41. The predicted molar refractivity (Wildman–Crippen MR) is 159 cm³/mol. The fourth-order valence-electron chi connectivity index (χ4n) is 6.06. The zero-order valence-electron chi connectivity index (χ0n) is 25.4. The number of carbonyl (C=O) groups excluding carboxylic acids is 2. The number of aryl methyl sites for hydroxylation is 3. The number of nitrogens with zero attached hydrogens (tertiary/aromatic N) is 7. The second-order valence-corrected chi connectivity index (χ2v) is 12.3. The average molecular weight is 592 g/mol. The van der Waals surface area contributed by atoms with Crippen molar-refractivity contribution in [1.82, 2.24) is 24.5 Å². The summed E-state index contributed by atoms with van der Waals surface area (Å²) in [6.07, 6.45) is 1.43. The van der Waals surface area contributed by atoms with Crippen LogP contribution in [0.25, 0.3) is 16.6 Å². The first kappa shape index (κ1) is 28.6. The van der Waals surface area contributed by atoms with Gasteiger partial charge in [-0.3, -0.25) is 14.5 Å². The van der Waals surface area contributed by atoms with Gasteiger partial charge in [0.05, 0.1) is 40.2 Å². The topological polar surface area (TPSA) is 88.7 Å². The molecule has 0 bridgehead atoms. The number of ether oxygens (including phenoxy) is 1. The molecule has 2 aromatic carbocycles. The van der Waals surface area contributed by atoms with E-state index in [-0.39, 0.29) is 24.6 Å². The van der Waals surface area contributed by atoms with Crippen molar-refractivity contribution in [2.75, 3.05) is 29.4 Å². The fourth-order valence-corrected chi connectivity index (χ4v) is 6.06. The van der Waals surface area contributed by atoms with E-state index in [1.165, 1.54) is 11.1 Å². The Labute approximate surface area is 248 Å². The highest BCUT2D eigenvalue weighted by Gasteiger charge is 2.42. The molecule has 2 aliphatic rings. The summed E-state index contributed by atoms with van der Waals surface area (Å²) < 4.78 is 39.2. The quantitative estimate of drug-likeness (QED) is 0.294. The maximum absolute atomic E-state index is 15.7. The second kappa shape index (κ2) is 10.1. The van der Waals surface area contributed by atoms with Gasteiger partial charge in [-0.2, -0.15) is 10.2 Å². The Hall–Kier alpha value is -4.48. The Kier molecular flexibility index (Phi) is 6.70. The molecule has 2 aliphatic heterocycles. The van der Waals surface area contributed by atoms with Crippen molar-refractivity contribution in [2.24, 2.45) is 7.05 Å². The van der Waals surface area contributed by atoms with Crippen molar-refractivity contribution in [3.63, 3.8) is 0 Å². The molecule has 6 rings (SSSR count). The van der Waals surface area contributed by atoms with Crippen molar-refractivity contribution in [2.45, 2.75) is 59.6 Å². The van der Waals surface area contributed by atoms with Crippen molar-refractivity contribution in [1.29, 1.82) is 0 Å². The lowest BCUT2D eigenvalue weighted by Crippen LogP contribution is -2.42. The van der Waals surface area contributed by atoms with E-state index in [0.717, 1.165) is 5.69 Å². The zero-order chi connectivity index (χ0) is 31.0. The first-order chi connectivity index (χ1) is 20.3. The van der Waals surface area contributed by atoms with Gasteiger partial charge in [-0.05, 0) is 76.9 Å². The Balaban J connectivity index is 1.46. The molecule has 0 aliphatic carbocycles. The molecule has 4 heterocycles. The van der Waals surface area contributed by atoms with Crippen LogP contribution in [0.3, 0.4) is 0 Å². The van der Waals surface area contributed by atoms with E-state index >= 15 is 4.39 Å². The summed E-state index contributed by atoms with van der Waals surface area (Å²) in [5.74, 6) is -0.362. The number of hydrogen-bond donors (Lipinski definition) is 0. The first-order valence-electron chi connectivity index (χ1n) is 14.3. The summed E-state index contributed by atoms with van der Waals surface area (Å²) in [6.45, 7) is 11.5. The minimum absolute atomic E-state index is 0.157. The number of carbonyl (C=O) groups is 2. The smallest absolute Gasteiger partial charge is 0.410 e. The third-order valence-electron chi connectivity index (χ3n) is 8.14. The summed E-state index contributed by atoms with van der Waals surface area (Å²) in [5, 5.41) is 9.38. The standard InChI is InChI=1S/C31H35F2N7O3/c1-17-14-20(15-18(2)26(17)32)40-28(25-19(3)37(11-10-22(25)35-40)30(42)43-31(4,5)6)39-13-12-38(29(39)41)24-9-8-23-21(27(24)33)16-34-36(23)7/h8-9,14-16,19H,10-13H2,1-7H3/t19-/m0/s1. The lowest BCUT2D eigenvalue weighted by molar-refractivity contribution is 0.0160. The summed E-state index contributed by atoms with van der Waals surface area (Å²) in [6, 6.07) is 5.81. The molecule has 10 nitrogen and oxygen atoms in total. The molecule has 226 valence electrons. The number of rotatable bonds is 3. The number of hydrogen-bond acceptors (Lipinski definition) is 5. The molecule has 1 saturated heterocycles. The van der Waals surface area contributed by atoms with Gasteiger partial charge in [0.2, 0.25) is 0 Å². The number of anilines is 2. The maximum atomic E-state index is 15.7. The Morgan fingerprint density at radius 1 is 1.02 bits per heavy atom. The molecule has 0 radical (unpaired) electrons. The number of amides is 3. The Morgan fingerprint density at radius 3 is 2.37 bits per heavy atom. The molecular formula is C31H35F2N7O3. The molecule has 1 fully saturated rings. The van der Waals surface area contributed by atoms with Crippen LogP contribution in [0.2, 0.25) is 0 Å². The van der Waals surface area contributed by atoms with Crippen LogP contribution in [0.4, 0.5) is 29.9 Å². The molecule has 3 amide bonds. The minimum Gasteiger partial charge on any atom is -0.444 e. The minimum atomic E-state index is -0.682. The molecule has 0 N–H and O–H groups in total. The van der Waals surface area contributed by atoms with E-state index in [9.17, 15) is 14.0 Å². The summed E-state index contributed by atoms with van der Waals surface area (Å²) in [7, 11) is 1.73. The Morgan fingerprint density at radius 2 is 1.70 bits per heavy atom. The van der Waals surface area contributed by atoms with Crippen LogP contribution >= 0.6 is 0 Å². The van der Waals surface area contributed by atoms with Crippen molar-refractivity contribution >= 4 is 34.5 Å². The van der Waals surface area contributed by atoms with E-state index < -0.39 is 29.6 Å². The number of urea groups is 1. The largest absolute Gasteiger partial charge is 0.444 e. The van der Waals surface area contributed by atoms with E-state index in [1.54, 1.807) is 64.3 Å². The first-order valence-corrected chi connectivity index (χ1v) is 14.3. The van der Waals surface area contributed by atoms with Gasteiger partial charge in [0, 0.05) is 38.7 Å². The van der Waals surface area contributed by atoms with E-state index in [1.807, 2.05) is 27.7 Å². The average Bonchev–Trinajstić information content (AvgIpc) is 3.62. The van der Waals surface area contributed by atoms with Gasteiger partial charge >= 0.3 is 12.1 Å². The van der Waals surface area contributed by atoms with E-state index in [2.05, 4.69) is 5.10 Å². The van der Waals surface area contributed by atoms with Gasteiger partial charge < -0.3 is 9.64 Å². The second-order valence-electron chi connectivity index (χ2n) is 12.3. The van der Waals surface area contributed by atoms with E-state index in [0.29, 0.717) is 52.1 Å². The third-order valence-corrected chi connectivity index (χ3v) is 8.14. The maximum Gasteiger partial charge on any atom is 0.410 e. The van der Waals surface area contributed by atoms with Gasteiger partial charge in [-0.15, -0.1) is 0 Å². The van der Waals surface area contributed by atoms with Crippen LogP contribution in [-0.2, 0) is 18.2 Å². The summed E-state index contributed by atoms with van der Waals surface area (Å²) in [5.41, 5.74) is 3.01. The molecule has 4 aromatic rings. The van der Waals surface area contributed by atoms with Crippen molar-refractivity contribution in [3.05, 3.63) is 64.5 Å². The van der Waals surface area contributed by atoms with Crippen molar-refractivity contribution in [3.8, 4) is 5.69 Å². The highest BCUT2D eigenvalue weighted by atomic mass is 19.1. The predicted octanol–water partition coefficient (Wildman–Crippen LogP) is 5.95. The summed E-state index contributed by atoms with van der Waals surface area (Å²) >= 11 is 0. The summed E-state index contributed by atoms with van der Waals surface area (Å²) in [4.78, 5) is 32.0. The molecule has 0 unspecified atom stereocenters. The van der Waals surface area contributed by atoms with Crippen LogP contribution in [0.1, 0.15) is 56.1 Å². The van der Waals surface area contributed by atoms with Gasteiger partial charge in [-0.1, -0.05) is 0 Å². The van der Waals surface area contributed by atoms with Crippen LogP contribution < -0.4 is 9.80 Å². The zero-order valence-corrected chi connectivity index (χ0v) is 25.4. The van der Waals surface area contributed by atoms with Crippen LogP contribution in [-0.4, -0.2) is 61.8 Å². The van der Waals surface area contributed by atoms with Crippen LogP contribution in [0.5, 0.6) is 0 Å². The molecule has 0 saturated carbocycles. The highest BCUT2D eigenvalue weighted by molar-refractivity contribution is 6.07. The third kappa shape index (κ3) is 4.68. The fraction of sp³-hybridized carbons (Fsp3) is 0.419. The van der Waals surface area contributed by atoms with Crippen LogP contribution in [0.15, 0.2) is 30.5 Å². The van der Waals surface area contributed by atoms with Gasteiger partial charge in [-0.25, -0.2) is 23.1 Å².